The first-order valence-corrected chi connectivity index (χ1v) is 9.62. The lowest BCUT2D eigenvalue weighted by atomic mass is 9.74. The summed E-state index contributed by atoms with van der Waals surface area (Å²) < 4.78 is 11.3. The Bertz CT molecular complexity index is 1110. The predicted octanol–water partition coefficient (Wildman–Crippen LogP) is 5.67. The van der Waals surface area contributed by atoms with E-state index in [1.165, 1.54) is 6.92 Å². The molecule has 146 valence electrons. The van der Waals surface area contributed by atoms with Crippen LogP contribution in [0.4, 0.5) is 0 Å². The van der Waals surface area contributed by atoms with E-state index in [1.807, 2.05) is 24.3 Å². The molecular weight excluding hydrogens is 388 g/mol. The molecule has 5 heteroatoms. The molecule has 1 aliphatic heterocycles. The first-order chi connectivity index (χ1) is 14.0. The van der Waals surface area contributed by atoms with Gasteiger partial charge in [-0.2, -0.15) is 0 Å². The van der Waals surface area contributed by atoms with Gasteiger partial charge in [0.15, 0.2) is 5.78 Å². The molecule has 1 aliphatic rings. The molecule has 0 aromatic heterocycles. The van der Waals surface area contributed by atoms with Gasteiger partial charge in [-0.15, -0.1) is 0 Å². The SMILES string of the molecule is COc1cccc(C(=O)[C@@H](C(C)=O)[C@H]2c3ccccc3Oc3ccc(Cl)cc32)c1. The number of benzene rings is 3. The Kier molecular flexibility index (Phi) is 5.12. The molecule has 0 N–H and O–H groups in total. The number of ether oxygens (including phenoxy) is 2. The lowest BCUT2D eigenvalue weighted by Gasteiger charge is -2.32. The van der Waals surface area contributed by atoms with Crippen LogP contribution in [-0.2, 0) is 4.79 Å². The number of ketones is 2. The average molecular weight is 407 g/mol. The lowest BCUT2D eigenvalue weighted by Crippen LogP contribution is -2.31. The van der Waals surface area contributed by atoms with Crippen LogP contribution in [0, 0.1) is 5.92 Å². The number of hydrogen-bond donors (Lipinski definition) is 0. The van der Waals surface area contributed by atoms with Gasteiger partial charge in [-0.05, 0) is 43.3 Å². The molecule has 0 radical (unpaired) electrons. The lowest BCUT2D eigenvalue weighted by molar-refractivity contribution is -0.119. The van der Waals surface area contributed by atoms with Crippen LogP contribution >= 0.6 is 11.6 Å². The van der Waals surface area contributed by atoms with Gasteiger partial charge in [0.25, 0.3) is 0 Å². The summed E-state index contributed by atoms with van der Waals surface area (Å²) in [5, 5.41) is 0.521. The highest BCUT2D eigenvalue weighted by Gasteiger charge is 2.40. The Balaban J connectivity index is 1.89. The quantitative estimate of drug-likeness (QED) is 0.404. The second-order valence-corrected chi connectivity index (χ2v) is 7.42. The van der Waals surface area contributed by atoms with Gasteiger partial charge >= 0.3 is 0 Å². The van der Waals surface area contributed by atoms with Gasteiger partial charge in [-0.3, -0.25) is 9.59 Å². The summed E-state index contributed by atoms with van der Waals surface area (Å²) in [5.41, 5.74) is 1.95. The van der Waals surface area contributed by atoms with E-state index in [0.29, 0.717) is 27.8 Å². The molecule has 2 atom stereocenters. The van der Waals surface area contributed by atoms with Gasteiger partial charge < -0.3 is 9.47 Å². The van der Waals surface area contributed by atoms with Gasteiger partial charge in [0.2, 0.25) is 0 Å². The minimum atomic E-state index is -0.913. The molecule has 0 spiro atoms. The standard InChI is InChI=1S/C24H19ClO4/c1-14(26)22(24(27)15-6-5-7-17(12-15)28-2)23-18-8-3-4-9-20(18)29-21-11-10-16(25)13-19(21)23/h3-13,22-23H,1-2H3/t22-,23-/m0/s1. The van der Waals surface area contributed by atoms with Crippen molar-refractivity contribution >= 4 is 23.2 Å². The zero-order valence-electron chi connectivity index (χ0n) is 16.0. The number of carbonyl (C=O) groups is 2. The fourth-order valence-corrected chi connectivity index (χ4v) is 4.04. The van der Waals surface area contributed by atoms with Crippen molar-refractivity contribution in [3.8, 4) is 17.2 Å². The fraction of sp³-hybridized carbons (Fsp3) is 0.167. The van der Waals surface area contributed by atoms with Crippen molar-refractivity contribution in [3.63, 3.8) is 0 Å². The minimum Gasteiger partial charge on any atom is -0.497 e. The molecule has 3 aromatic carbocycles. The highest BCUT2D eigenvalue weighted by Crippen LogP contribution is 2.49. The van der Waals surface area contributed by atoms with Gasteiger partial charge in [-0.25, -0.2) is 0 Å². The van der Waals surface area contributed by atoms with E-state index in [4.69, 9.17) is 21.1 Å². The summed E-state index contributed by atoms with van der Waals surface area (Å²) in [5.74, 6) is -0.0857. The number of rotatable bonds is 5. The first-order valence-electron chi connectivity index (χ1n) is 9.24. The molecule has 1 heterocycles. The van der Waals surface area contributed by atoms with Crippen LogP contribution in [0.2, 0.25) is 5.02 Å². The Hall–Kier alpha value is -3.11. The van der Waals surface area contributed by atoms with E-state index < -0.39 is 11.8 Å². The Morgan fingerprint density at radius 2 is 1.72 bits per heavy atom. The first kappa shape index (κ1) is 19.2. The van der Waals surface area contributed by atoms with Crippen molar-refractivity contribution in [3.05, 3.63) is 88.4 Å². The molecule has 0 unspecified atom stereocenters. The molecule has 0 saturated carbocycles. The van der Waals surface area contributed by atoms with Gasteiger partial charge in [0, 0.05) is 27.6 Å². The molecule has 0 bridgehead atoms. The van der Waals surface area contributed by atoms with Crippen molar-refractivity contribution in [1.82, 2.24) is 0 Å². The normalized spacial score (nSPS) is 15.5. The number of para-hydroxylation sites is 1. The second-order valence-electron chi connectivity index (χ2n) is 6.98. The molecule has 4 nitrogen and oxygen atoms in total. The molecule has 0 fully saturated rings. The summed E-state index contributed by atoms with van der Waals surface area (Å²) in [7, 11) is 1.54. The maximum Gasteiger partial charge on any atom is 0.174 e. The summed E-state index contributed by atoms with van der Waals surface area (Å²) >= 11 is 6.25. The molecular formula is C24H19ClO4. The largest absolute Gasteiger partial charge is 0.497 e. The molecule has 0 aliphatic carbocycles. The molecule has 3 aromatic rings. The summed E-state index contributed by atoms with van der Waals surface area (Å²) in [4.78, 5) is 26.3. The van der Waals surface area contributed by atoms with Crippen molar-refractivity contribution in [2.75, 3.05) is 7.11 Å². The monoisotopic (exact) mass is 406 g/mol. The number of halogens is 1. The minimum absolute atomic E-state index is 0.217. The van der Waals surface area contributed by atoms with Crippen LogP contribution in [0.1, 0.15) is 34.3 Å². The van der Waals surface area contributed by atoms with Crippen LogP contribution in [0.3, 0.4) is 0 Å². The van der Waals surface area contributed by atoms with Crippen molar-refractivity contribution in [2.24, 2.45) is 5.92 Å². The summed E-state index contributed by atoms with van der Waals surface area (Å²) in [6.45, 7) is 1.45. The number of carbonyl (C=O) groups excluding carboxylic acids is 2. The van der Waals surface area contributed by atoms with Gasteiger partial charge in [0.1, 0.15) is 23.0 Å². The van der Waals surface area contributed by atoms with Crippen LogP contribution in [0.25, 0.3) is 0 Å². The van der Waals surface area contributed by atoms with Crippen LogP contribution in [0.5, 0.6) is 17.2 Å². The number of methoxy groups -OCH3 is 1. The molecule has 0 amide bonds. The number of Topliss-reactive ketones (excluding diaryl/α,β-unsaturated/α-hetero) is 2. The highest BCUT2D eigenvalue weighted by atomic mass is 35.5. The van der Waals surface area contributed by atoms with E-state index in [9.17, 15) is 9.59 Å². The maximum atomic E-state index is 13.5. The summed E-state index contributed by atoms with van der Waals surface area (Å²) in [6.07, 6.45) is 0. The van der Waals surface area contributed by atoms with E-state index in [-0.39, 0.29) is 11.6 Å². The Morgan fingerprint density at radius 3 is 2.48 bits per heavy atom. The third-order valence-electron chi connectivity index (χ3n) is 5.19. The number of fused-ring (bicyclic) bond motifs is 2. The molecule has 4 rings (SSSR count). The maximum absolute atomic E-state index is 13.5. The van der Waals surface area contributed by atoms with E-state index in [2.05, 4.69) is 0 Å². The van der Waals surface area contributed by atoms with Crippen molar-refractivity contribution in [2.45, 2.75) is 12.8 Å². The topological polar surface area (TPSA) is 52.6 Å². The second kappa shape index (κ2) is 7.72. The summed E-state index contributed by atoms with van der Waals surface area (Å²) in [6, 6.07) is 19.6. The fourth-order valence-electron chi connectivity index (χ4n) is 3.86. The van der Waals surface area contributed by atoms with Gasteiger partial charge in [0.05, 0.1) is 13.0 Å². The third kappa shape index (κ3) is 3.52. The molecule has 0 saturated heterocycles. The highest BCUT2D eigenvalue weighted by molar-refractivity contribution is 6.30. The predicted molar refractivity (Wildman–Crippen MR) is 111 cm³/mol. The van der Waals surface area contributed by atoms with E-state index >= 15 is 0 Å². The third-order valence-corrected chi connectivity index (χ3v) is 5.42. The van der Waals surface area contributed by atoms with Crippen molar-refractivity contribution in [1.29, 1.82) is 0 Å². The number of hydrogen-bond acceptors (Lipinski definition) is 4. The van der Waals surface area contributed by atoms with E-state index in [1.54, 1.807) is 49.6 Å². The zero-order valence-corrected chi connectivity index (χ0v) is 16.8. The van der Waals surface area contributed by atoms with E-state index in [0.717, 1.165) is 11.1 Å². The van der Waals surface area contributed by atoms with Crippen molar-refractivity contribution < 1.29 is 19.1 Å². The Morgan fingerprint density at radius 1 is 0.966 bits per heavy atom. The van der Waals surface area contributed by atoms with Crippen LogP contribution < -0.4 is 9.47 Å². The van der Waals surface area contributed by atoms with Crippen LogP contribution in [0.15, 0.2) is 66.7 Å². The molecule has 29 heavy (non-hydrogen) atoms. The van der Waals surface area contributed by atoms with Gasteiger partial charge in [-0.1, -0.05) is 41.9 Å². The van der Waals surface area contributed by atoms with Crippen LogP contribution in [-0.4, -0.2) is 18.7 Å². The smallest absolute Gasteiger partial charge is 0.174 e. The zero-order chi connectivity index (χ0) is 20.5. The average Bonchev–Trinajstić information content (AvgIpc) is 2.73. The Labute approximate surface area is 174 Å².